The van der Waals surface area contributed by atoms with Gasteiger partial charge in [0.2, 0.25) is 0 Å². The number of para-hydroxylation sites is 4. The Balaban J connectivity index is 1.31. The Morgan fingerprint density at radius 1 is 0.431 bits per heavy atom. The summed E-state index contributed by atoms with van der Waals surface area (Å²) in [6, 6.07) is 59.1. The van der Waals surface area contributed by atoms with E-state index in [1.807, 2.05) is 6.20 Å². The van der Waals surface area contributed by atoms with E-state index >= 15 is 0 Å². The molecule has 240 valence electrons. The second-order valence-electron chi connectivity index (χ2n) is 13.0. The van der Waals surface area contributed by atoms with Crippen LogP contribution in [0.1, 0.15) is 11.1 Å². The van der Waals surface area contributed by atoms with Crippen LogP contribution in [0.15, 0.2) is 188 Å². The maximum absolute atomic E-state index is 3.56. The summed E-state index contributed by atoms with van der Waals surface area (Å²) < 4.78 is 4.84. The van der Waals surface area contributed by atoms with Crippen molar-refractivity contribution in [3.63, 3.8) is 0 Å². The molecule has 9 aromatic rings. The third-order valence-electron chi connectivity index (χ3n) is 10.2. The number of fused-ring (bicyclic) bond motifs is 10. The lowest BCUT2D eigenvalue weighted by Crippen LogP contribution is -1.97. The molecule has 0 bridgehead atoms. The van der Waals surface area contributed by atoms with Gasteiger partial charge in [-0.2, -0.15) is 0 Å². The van der Waals surface area contributed by atoms with Crippen LogP contribution >= 0.6 is 0 Å². The highest BCUT2D eigenvalue weighted by Crippen LogP contribution is 2.43. The van der Waals surface area contributed by atoms with E-state index in [0.29, 0.717) is 0 Å². The summed E-state index contributed by atoms with van der Waals surface area (Å²) >= 11 is 0. The first-order valence-corrected chi connectivity index (χ1v) is 17.4. The molecule has 0 unspecified atom stereocenters. The van der Waals surface area contributed by atoms with Gasteiger partial charge in [-0.15, -0.1) is 0 Å². The molecule has 0 radical (unpaired) electrons. The monoisotopic (exact) mass is 651 g/mol. The Bertz CT molecular complexity index is 2870. The van der Waals surface area contributed by atoms with Gasteiger partial charge >= 0.3 is 0 Å². The summed E-state index contributed by atoms with van der Waals surface area (Å²) in [7, 11) is 0. The molecule has 10 rings (SSSR count). The Morgan fingerprint density at radius 3 is 1.94 bits per heavy atom. The van der Waals surface area contributed by atoms with Crippen LogP contribution in [0.25, 0.3) is 77.8 Å². The van der Waals surface area contributed by atoms with Gasteiger partial charge in [0, 0.05) is 50.4 Å². The van der Waals surface area contributed by atoms with Crippen LogP contribution in [-0.2, 0) is 0 Å². The van der Waals surface area contributed by atoms with Gasteiger partial charge in [-0.1, -0.05) is 127 Å². The minimum absolute atomic E-state index is 1.07. The molecule has 1 aliphatic heterocycles. The molecule has 3 heterocycles. The third kappa shape index (κ3) is 4.74. The number of nitrogens with one attached hydrogen (secondary N) is 1. The summed E-state index contributed by atoms with van der Waals surface area (Å²) in [6.07, 6.45) is 10.8. The van der Waals surface area contributed by atoms with Gasteiger partial charge in [0.25, 0.3) is 0 Å². The van der Waals surface area contributed by atoms with E-state index in [1.54, 1.807) is 0 Å². The molecule has 0 aliphatic carbocycles. The highest BCUT2D eigenvalue weighted by molar-refractivity contribution is 6.17. The zero-order valence-electron chi connectivity index (χ0n) is 27.9. The molecule has 1 N–H and O–H groups in total. The average molecular weight is 652 g/mol. The van der Waals surface area contributed by atoms with E-state index in [0.717, 1.165) is 28.2 Å². The molecular formula is C48H33N3. The maximum atomic E-state index is 3.56. The van der Waals surface area contributed by atoms with Gasteiger partial charge in [-0.25, -0.2) is 0 Å². The summed E-state index contributed by atoms with van der Waals surface area (Å²) in [6.45, 7) is 0. The van der Waals surface area contributed by atoms with Crippen molar-refractivity contribution in [3.05, 3.63) is 199 Å². The second kappa shape index (κ2) is 11.9. The first kappa shape index (κ1) is 29.1. The molecule has 0 amide bonds. The third-order valence-corrected chi connectivity index (χ3v) is 10.2. The van der Waals surface area contributed by atoms with Crippen molar-refractivity contribution >= 4 is 60.9 Å². The van der Waals surface area contributed by atoms with Gasteiger partial charge in [-0.05, 0) is 82.9 Å². The number of nitrogens with zero attached hydrogens (tertiary/aromatic N) is 2. The molecule has 51 heavy (non-hydrogen) atoms. The molecule has 3 nitrogen and oxygen atoms in total. The Labute approximate surface area is 296 Å². The predicted octanol–water partition coefficient (Wildman–Crippen LogP) is 12.6. The van der Waals surface area contributed by atoms with E-state index in [9.17, 15) is 0 Å². The zero-order valence-corrected chi connectivity index (χ0v) is 27.9. The summed E-state index contributed by atoms with van der Waals surface area (Å²) in [5.74, 6) is 0. The highest BCUT2D eigenvalue weighted by atomic mass is 15.0. The normalized spacial score (nSPS) is 15.1. The van der Waals surface area contributed by atoms with Gasteiger partial charge in [-0.3, -0.25) is 0 Å². The van der Waals surface area contributed by atoms with Crippen molar-refractivity contribution in [3.8, 4) is 22.5 Å². The Hall–Kier alpha value is -6.84. The molecule has 3 heteroatoms. The van der Waals surface area contributed by atoms with E-state index in [-0.39, 0.29) is 0 Å². The molecule has 2 aromatic heterocycles. The fourth-order valence-electron chi connectivity index (χ4n) is 7.91. The zero-order chi connectivity index (χ0) is 33.7. The first-order chi connectivity index (χ1) is 25.3. The number of benzene rings is 7. The quantitative estimate of drug-likeness (QED) is 0.202. The lowest BCUT2D eigenvalue weighted by molar-refractivity contribution is 1.15. The van der Waals surface area contributed by atoms with Crippen LogP contribution < -0.4 is 5.32 Å². The fourth-order valence-corrected chi connectivity index (χ4v) is 7.91. The van der Waals surface area contributed by atoms with Crippen molar-refractivity contribution in [1.29, 1.82) is 0 Å². The maximum Gasteiger partial charge on any atom is 0.0561 e. The number of rotatable bonds is 3. The largest absolute Gasteiger partial charge is 0.361 e. The van der Waals surface area contributed by atoms with Crippen molar-refractivity contribution in [2.24, 2.45) is 0 Å². The smallest absolute Gasteiger partial charge is 0.0561 e. The van der Waals surface area contributed by atoms with Gasteiger partial charge in [0.1, 0.15) is 0 Å². The van der Waals surface area contributed by atoms with Gasteiger partial charge in [0.15, 0.2) is 0 Å². The summed E-state index contributed by atoms with van der Waals surface area (Å²) in [5, 5.41) is 8.51. The Kier molecular flexibility index (Phi) is 6.81. The second-order valence-corrected chi connectivity index (χ2v) is 13.0. The SMILES string of the molecule is C1=C\C(c2ccccc2)=C/c2c(ccc3c2c2ccccc2n3-c2ccc3c4ccccc4n(-c4ccccc4)c3c2)-c2ccccc2N/C=C/1. The van der Waals surface area contributed by atoms with Gasteiger partial charge in [0.05, 0.1) is 22.1 Å². The molecule has 0 saturated heterocycles. The van der Waals surface area contributed by atoms with Crippen LogP contribution in [0.5, 0.6) is 0 Å². The van der Waals surface area contributed by atoms with Crippen LogP contribution in [0, 0.1) is 0 Å². The average Bonchev–Trinajstić information content (AvgIpc) is 3.70. The number of anilines is 1. The molecule has 0 fully saturated rings. The van der Waals surface area contributed by atoms with Crippen molar-refractivity contribution < 1.29 is 0 Å². The van der Waals surface area contributed by atoms with Crippen LogP contribution in [-0.4, -0.2) is 9.13 Å². The van der Waals surface area contributed by atoms with Crippen molar-refractivity contribution in [2.45, 2.75) is 0 Å². The number of hydrogen-bond acceptors (Lipinski definition) is 1. The predicted molar refractivity (Wildman–Crippen MR) is 217 cm³/mol. The summed E-state index contributed by atoms with van der Waals surface area (Å²) in [4.78, 5) is 0. The van der Waals surface area contributed by atoms with E-state index in [2.05, 4.69) is 203 Å². The van der Waals surface area contributed by atoms with Crippen LogP contribution in [0.3, 0.4) is 0 Å². The molecule has 0 atom stereocenters. The number of allylic oxidation sites excluding steroid dienone is 4. The standard InChI is InChI=1S/C48H33N3/c1-3-15-33(16-4-1)34-17-13-14-30-49-43-23-10-7-20-38(43)37-28-29-46-48(42(37)31-34)41-22-9-12-25-45(41)51(46)36-26-27-40-39-21-8-11-24-44(39)50(47(40)32-36)35-18-5-2-6-19-35/h1-32,49H/b17-13-,30-14+,34-31+. The first-order valence-electron chi connectivity index (χ1n) is 17.4. The summed E-state index contributed by atoms with van der Waals surface area (Å²) in [5.41, 5.74) is 14.0. The van der Waals surface area contributed by atoms with Crippen molar-refractivity contribution in [1.82, 2.24) is 9.13 Å². The molecular weight excluding hydrogens is 619 g/mol. The lowest BCUT2D eigenvalue weighted by atomic mass is 9.91. The Morgan fingerprint density at radius 2 is 1.10 bits per heavy atom. The topological polar surface area (TPSA) is 21.9 Å². The molecule has 7 aromatic carbocycles. The van der Waals surface area contributed by atoms with Crippen LogP contribution in [0.4, 0.5) is 5.69 Å². The molecule has 0 spiro atoms. The molecule has 1 aliphatic rings. The number of aromatic nitrogens is 2. The minimum Gasteiger partial charge on any atom is -0.361 e. The lowest BCUT2D eigenvalue weighted by Gasteiger charge is -2.15. The van der Waals surface area contributed by atoms with E-state index in [4.69, 9.17) is 0 Å². The van der Waals surface area contributed by atoms with E-state index < -0.39 is 0 Å². The van der Waals surface area contributed by atoms with E-state index in [1.165, 1.54) is 60.3 Å². The van der Waals surface area contributed by atoms with Crippen molar-refractivity contribution in [2.75, 3.05) is 5.32 Å². The number of hydrogen-bond donors (Lipinski definition) is 1. The minimum atomic E-state index is 1.07. The fraction of sp³-hybridized carbons (Fsp3) is 0. The van der Waals surface area contributed by atoms with Crippen LogP contribution in [0.2, 0.25) is 0 Å². The molecule has 0 saturated carbocycles. The highest BCUT2D eigenvalue weighted by Gasteiger charge is 2.21. The van der Waals surface area contributed by atoms with Gasteiger partial charge < -0.3 is 14.5 Å².